The van der Waals surface area contributed by atoms with E-state index in [2.05, 4.69) is 8.52 Å². The molecular formula is H4AlNaO3Si. The summed E-state index contributed by atoms with van der Waals surface area (Å²) in [6.45, 7) is 0. The van der Waals surface area contributed by atoms with E-state index in [1.807, 2.05) is 0 Å². The summed E-state index contributed by atoms with van der Waals surface area (Å²) in [6, 6.07) is 0. The molecule has 0 amide bonds. The van der Waals surface area contributed by atoms with Gasteiger partial charge in [-0.25, -0.2) is 0 Å². The second kappa shape index (κ2) is 9.58. The van der Waals surface area contributed by atoms with Gasteiger partial charge in [-0.05, 0) is 0 Å². The molecule has 0 spiro atoms. The van der Waals surface area contributed by atoms with Gasteiger partial charge in [-0.3, -0.25) is 0 Å². The summed E-state index contributed by atoms with van der Waals surface area (Å²) >= 11 is -1.15. The van der Waals surface area contributed by atoms with Crippen molar-refractivity contribution in [3.63, 3.8) is 0 Å². The van der Waals surface area contributed by atoms with Crippen molar-refractivity contribution in [1.82, 2.24) is 0 Å². The van der Waals surface area contributed by atoms with Crippen molar-refractivity contribution < 1.29 is 12.3 Å². The fourth-order valence-corrected chi connectivity index (χ4v) is 0.354. The third-order valence-corrected chi connectivity index (χ3v) is 0.984. The van der Waals surface area contributed by atoms with Crippen molar-refractivity contribution in [2.45, 2.75) is 0 Å². The molecule has 0 atom stereocenters. The molecule has 0 aromatic heterocycles. The van der Waals surface area contributed by atoms with Crippen LogP contribution in [0.4, 0.5) is 0 Å². The summed E-state index contributed by atoms with van der Waals surface area (Å²) < 4.78 is 17.3. The predicted molar refractivity (Wildman–Crippen MR) is 25.7 cm³/mol. The van der Waals surface area contributed by atoms with E-state index in [1.165, 1.54) is 0 Å². The van der Waals surface area contributed by atoms with Gasteiger partial charge in [0, 0.05) is 0 Å². The van der Waals surface area contributed by atoms with Gasteiger partial charge in [0.15, 0.2) is 0 Å². The molecule has 0 aromatic carbocycles. The Bertz CT molecular complexity index is 32.0. The fourth-order valence-electron chi connectivity index (χ4n) is 0.0393. The van der Waals surface area contributed by atoms with E-state index < -0.39 is 15.5 Å². The maximum absolute atomic E-state index is 9.29. The van der Waals surface area contributed by atoms with Gasteiger partial charge in [0.25, 0.3) is 0 Å². The van der Waals surface area contributed by atoms with Crippen LogP contribution >= 0.6 is 0 Å². The van der Waals surface area contributed by atoms with Crippen LogP contribution in [0.2, 0.25) is 0 Å². The summed E-state index contributed by atoms with van der Waals surface area (Å²) in [6.07, 6.45) is 0. The molecule has 0 heterocycles. The Morgan fingerprint density at radius 2 is 2.17 bits per heavy atom. The zero-order valence-corrected chi connectivity index (χ0v) is 5.96. The minimum atomic E-state index is -1.15. The van der Waals surface area contributed by atoms with E-state index in [0.717, 1.165) is 0 Å². The van der Waals surface area contributed by atoms with Gasteiger partial charge >= 0.3 is 67.8 Å². The van der Waals surface area contributed by atoms with Crippen LogP contribution in [0.5, 0.6) is 0 Å². The van der Waals surface area contributed by atoms with E-state index in [-0.39, 0.29) is 29.6 Å². The van der Waals surface area contributed by atoms with Gasteiger partial charge in [-0.1, -0.05) is 0 Å². The third kappa shape index (κ3) is 9.00. The molecule has 6 heavy (non-hydrogen) atoms. The van der Waals surface area contributed by atoms with Crippen LogP contribution in [0.3, 0.4) is 0 Å². The molecule has 0 unspecified atom stereocenters. The Morgan fingerprint density at radius 1 is 1.67 bits per heavy atom. The van der Waals surface area contributed by atoms with Crippen molar-refractivity contribution in [2.75, 3.05) is 0 Å². The minimum absolute atomic E-state index is 0. The molecule has 0 aliphatic rings. The first-order chi connectivity index (χ1) is 2.41. The maximum atomic E-state index is 9.29. The van der Waals surface area contributed by atoms with Gasteiger partial charge in [-0.2, -0.15) is 0 Å². The SMILES string of the molecule is [NaH].[O]=[Al][O]O[SiH3]. The van der Waals surface area contributed by atoms with Crippen molar-refractivity contribution in [3.05, 3.63) is 0 Å². The molecule has 0 fully saturated rings. The number of hydrogen-bond acceptors (Lipinski definition) is 3. The molecule has 0 aliphatic carbocycles. The summed E-state index contributed by atoms with van der Waals surface area (Å²) in [5, 5.41) is 0. The van der Waals surface area contributed by atoms with E-state index >= 15 is 0 Å². The summed E-state index contributed by atoms with van der Waals surface area (Å²) in [5.74, 6) is 0. The predicted octanol–water partition coefficient (Wildman–Crippen LogP) is -2.47. The van der Waals surface area contributed by atoms with Crippen LogP contribution < -0.4 is 0 Å². The van der Waals surface area contributed by atoms with Crippen molar-refractivity contribution in [2.24, 2.45) is 0 Å². The quantitative estimate of drug-likeness (QED) is 0.236. The van der Waals surface area contributed by atoms with E-state index in [1.54, 1.807) is 0 Å². The van der Waals surface area contributed by atoms with Crippen molar-refractivity contribution in [1.29, 1.82) is 0 Å². The van der Waals surface area contributed by atoms with Crippen LogP contribution in [-0.4, -0.2) is 55.5 Å². The molecule has 30 valence electrons. The molecule has 0 aliphatic heterocycles. The van der Waals surface area contributed by atoms with Crippen molar-refractivity contribution in [3.8, 4) is 0 Å². The average Bonchev–Trinajstić information content (AvgIpc) is 1.41. The molecule has 0 radical (unpaired) electrons. The third-order valence-electron chi connectivity index (χ3n) is 0.136. The van der Waals surface area contributed by atoms with Crippen LogP contribution in [0.25, 0.3) is 0 Å². The Hall–Kier alpha value is 1.31. The summed E-state index contributed by atoms with van der Waals surface area (Å²) in [4.78, 5) is 0. The second-order valence-corrected chi connectivity index (χ2v) is 1.08. The van der Waals surface area contributed by atoms with E-state index in [9.17, 15) is 3.80 Å². The Kier molecular flexibility index (Phi) is 16.5. The first kappa shape index (κ1) is 10.3. The van der Waals surface area contributed by atoms with Crippen LogP contribution in [0.15, 0.2) is 0 Å². The molecule has 6 heteroatoms. The standard InChI is InChI=1S/Al.Na.H4O2Si.O.H/c;;1-2-3;;/h;;1H,3H3;;/q+1;;;;/p-1. The zero-order valence-electron chi connectivity index (χ0n) is 2.80. The van der Waals surface area contributed by atoms with Gasteiger partial charge < -0.3 is 0 Å². The molecule has 0 aromatic rings. The molecule has 0 rings (SSSR count). The monoisotopic (exact) mass is 130 g/mol. The van der Waals surface area contributed by atoms with Gasteiger partial charge in [0.2, 0.25) is 0 Å². The van der Waals surface area contributed by atoms with Crippen LogP contribution in [-0.2, 0) is 12.3 Å². The normalized spacial score (nSPS) is 5.33. The number of hydrogen-bond donors (Lipinski definition) is 0. The van der Waals surface area contributed by atoms with Gasteiger partial charge in [-0.15, -0.1) is 0 Å². The average molecular weight is 130 g/mol. The molecule has 0 N–H and O–H groups in total. The van der Waals surface area contributed by atoms with Gasteiger partial charge in [0.1, 0.15) is 0 Å². The van der Waals surface area contributed by atoms with E-state index in [4.69, 9.17) is 0 Å². The topological polar surface area (TPSA) is 35.5 Å². The zero-order chi connectivity index (χ0) is 4.12. The van der Waals surface area contributed by atoms with E-state index in [0.29, 0.717) is 10.5 Å². The Labute approximate surface area is 67.4 Å². The summed E-state index contributed by atoms with van der Waals surface area (Å²) in [7, 11) is 0.497. The van der Waals surface area contributed by atoms with Crippen LogP contribution in [0, 0.1) is 0 Å². The molecule has 3 nitrogen and oxygen atoms in total. The first-order valence-corrected chi connectivity index (χ1v) is 2.81. The molecular weight excluding hydrogens is 126 g/mol. The van der Waals surface area contributed by atoms with Crippen LogP contribution in [0.1, 0.15) is 0 Å². The number of rotatable bonds is 2. The Morgan fingerprint density at radius 3 is 2.17 bits per heavy atom. The molecule has 0 bridgehead atoms. The summed E-state index contributed by atoms with van der Waals surface area (Å²) in [5.41, 5.74) is 0. The van der Waals surface area contributed by atoms with Crippen molar-refractivity contribution >= 4 is 55.5 Å². The second-order valence-electron chi connectivity index (χ2n) is 0.359. The van der Waals surface area contributed by atoms with Gasteiger partial charge in [0.05, 0.1) is 0 Å². The first-order valence-electron chi connectivity index (χ1n) is 1.05. The Balaban J connectivity index is 0. The molecule has 0 saturated heterocycles. The molecule has 0 saturated carbocycles. The fraction of sp³-hybridized carbons (Fsp3) is 0.